The van der Waals surface area contributed by atoms with Crippen molar-refractivity contribution >= 4 is 50.4 Å². The molecule has 1 aromatic carbocycles. The van der Waals surface area contributed by atoms with Crippen molar-refractivity contribution in [2.24, 2.45) is 0 Å². The number of rotatable bonds is 4. The van der Waals surface area contributed by atoms with Gasteiger partial charge in [0.05, 0.1) is 21.6 Å². The summed E-state index contributed by atoms with van der Waals surface area (Å²) in [4.78, 5) is 15.7. The Morgan fingerprint density at radius 2 is 1.82 bits per heavy atom. The van der Waals surface area contributed by atoms with Gasteiger partial charge in [-0.25, -0.2) is 18.2 Å². The number of sulfone groups is 1. The Kier molecular flexibility index (Phi) is 6.29. The van der Waals surface area contributed by atoms with Crippen LogP contribution < -0.4 is 16.0 Å². The molecule has 28 heavy (non-hydrogen) atoms. The summed E-state index contributed by atoms with van der Waals surface area (Å²) >= 11 is 12.0. The summed E-state index contributed by atoms with van der Waals surface area (Å²) < 4.78 is 26.0. The van der Waals surface area contributed by atoms with Crippen molar-refractivity contribution in [2.45, 2.75) is 23.0 Å². The number of urea groups is 1. The molecule has 1 fully saturated rings. The summed E-state index contributed by atoms with van der Waals surface area (Å²) in [6, 6.07) is 5.05. The zero-order valence-corrected chi connectivity index (χ0v) is 16.9. The van der Waals surface area contributed by atoms with Gasteiger partial charge in [-0.3, -0.25) is 0 Å². The Morgan fingerprint density at radius 1 is 1.14 bits per heavy atom. The number of phenols is 1. The number of phenolic OH excluding ortho intramolecular Hbond substituents is 1. The lowest BCUT2D eigenvalue weighted by molar-refractivity contribution is 0.262. The number of aromatic nitrogens is 1. The van der Waals surface area contributed by atoms with Gasteiger partial charge in [-0.15, -0.1) is 0 Å². The van der Waals surface area contributed by atoms with E-state index in [1.54, 1.807) is 12.1 Å². The van der Waals surface area contributed by atoms with E-state index in [0.717, 1.165) is 0 Å². The van der Waals surface area contributed by atoms with Gasteiger partial charge in [-0.05, 0) is 50.2 Å². The van der Waals surface area contributed by atoms with Gasteiger partial charge in [-0.2, -0.15) is 0 Å². The van der Waals surface area contributed by atoms with Gasteiger partial charge < -0.3 is 21.1 Å². The molecule has 1 aliphatic heterocycles. The number of nitrogens with zero attached hydrogens (tertiary/aromatic N) is 1. The highest BCUT2D eigenvalue weighted by molar-refractivity contribution is 7.92. The number of carbonyl (C=O) groups excluding carboxylic acids is 1. The quantitative estimate of drug-likeness (QED) is 0.424. The van der Waals surface area contributed by atoms with Crippen molar-refractivity contribution in [1.82, 2.24) is 10.3 Å². The van der Waals surface area contributed by atoms with Gasteiger partial charge in [0.25, 0.3) is 0 Å². The van der Waals surface area contributed by atoms with Crippen molar-refractivity contribution in [1.29, 1.82) is 0 Å². The van der Waals surface area contributed by atoms with Crippen molar-refractivity contribution in [2.75, 3.05) is 23.7 Å². The van der Waals surface area contributed by atoms with Crippen LogP contribution in [0.25, 0.3) is 0 Å². The lowest BCUT2D eigenvalue weighted by Gasteiger charge is -2.24. The van der Waals surface area contributed by atoms with E-state index in [1.807, 2.05) is 0 Å². The van der Waals surface area contributed by atoms with Crippen LogP contribution in [0.1, 0.15) is 12.8 Å². The van der Waals surface area contributed by atoms with Crippen LogP contribution in [0.3, 0.4) is 0 Å². The van der Waals surface area contributed by atoms with Crippen LogP contribution >= 0.6 is 23.2 Å². The Morgan fingerprint density at radius 3 is 2.50 bits per heavy atom. The molecular formula is C17H18Cl2N4O4S. The lowest BCUT2D eigenvalue weighted by Crippen LogP contribution is -2.36. The topological polar surface area (TPSA) is 120 Å². The highest BCUT2D eigenvalue weighted by atomic mass is 35.5. The molecule has 11 heteroatoms. The molecule has 1 aliphatic rings. The van der Waals surface area contributed by atoms with Crippen molar-refractivity contribution < 1.29 is 18.3 Å². The van der Waals surface area contributed by atoms with E-state index in [4.69, 9.17) is 23.2 Å². The summed E-state index contributed by atoms with van der Waals surface area (Å²) in [6.07, 6.45) is 2.29. The molecule has 0 radical (unpaired) electrons. The number of hydrogen-bond acceptors (Lipinski definition) is 6. The van der Waals surface area contributed by atoms with Crippen LogP contribution in [0, 0.1) is 0 Å². The first kappa shape index (κ1) is 20.7. The monoisotopic (exact) mass is 444 g/mol. The lowest BCUT2D eigenvalue weighted by atomic mass is 10.2. The molecule has 0 saturated carbocycles. The molecule has 3 rings (SSSR count). The summed E-state index contributed by atoms with van der Waals surface area (Å²) in [5.41, 5.74) is 0.173. The van der Waals surface area contributed by atoms with Gasteiger partial charge in [0.1, 0.15) is 4.90 Å². The Balaban J connectivity index is 1.86. The van der Waals surface area contributed by atoms with E-state index in [0.29, 0.717) is 25.9 Å². The standard InChI is InChI=1S/C17H18Cl2N4O4S/c18-11-3-4-12(22-17(25)23-13-2-1-7-21-16(13)19)14(24)15(11)28(26,27)10-5-8-20-9-6-10/h1-4,7,10,20,24H,5-6,8-9H2,(H2,22,23,25). The molecule has 4 N–H and O–H groups in total. The second kappa shape index (κ2) is 8.52. The van der Waals surface area contributed by atoms with E-state index in [1.165, 1.54) is 18.3 Å². The average Bonchev–Trinajstić information content (AvgIpc) is 2.66. The number of amides is 2. The molecule has 1 aromatic heterocycles. The second-order valence-electron chi connectivity index (χ2n) is 6.19. The van der Waals surface area contributed by atoms with Crippen LogP contribution in [0.5, 0.6) is 5.75 Å². The molecule has 1 saturated heterocycles. The molecule has 2 amide bonds. The van der Waals surface area contributed by atoms with E-state index in [2.05, 4.69) is 20.9 Å². The third-order valence-corrected chi connectivity index (χ3v) is 7.41. The molecule has 8 nitrogen and oxygen atoms in total. The normalized spacial score (nSPS) is 15.2. The van der Waals surface area contributed by atoms with E-state index < -0.39 is 26.9 Å². The largest absolute Gasteiger partial charge is 0.504 e. The van der Waals surface area contributed by atoms with Crippen LogP contribution in [-0.4, -0.2) is 42.9 Å². The SMILES string of the molecule is O=C(Nc1cccnc1Cl)Nc1ccc(Cl)c(S(=O)(=O)C2CCNCC2)c1O. The fourth-order valence-electron chi connectivity index (χ4n) is 2.95. The summed E-state index contributed by atoms with van der Waals surface area (Å²) in [7, 11) is -3.87. The molecule has 2 aromatic rings. The number of halogens is 2. The maximum absolute atomic E-state index is 13.0. The number of hydrogen-bond donors (Lipinski definition) is 4. The minimum absolute atomic E-state index is 0.0885. The molecular weight excluding hydrogens is 427 g/mol. The van der Waals surface area contributed by atoms with Crippen LogP contribution in [0.15, 0.2) is 35.4 Å². The molecule has 2 heterocycles. The van der Waals surface area contributed by atoms with Gasteiger partial charge in [0.15, 0.2) is 20.7 Å². The third kappa shape index (κ3) is 4.33. The first-order chi connectivity index (χ1) is 13.3. The molecule has 150 valence electrons. The third-order valence-electron chi connectivity index (χ3n) is 4.35. The second-order valence-corrected chi connectivity index (χ2v) is 9.12. The van der Waals surface area contributed by atoms with Crippen molar-refractivity contribution in [3.8, 4) is 5.75 Å². The molecule has 0 bridgehead atoms. The zero-order valence-electron chi connectivity index (χ0n) is 14.6. The predicted molar refractivity (Wildman–Crippen MR) is 108 cm³/mol. The number of nitrogens with one attached hydrogen (secondary N) is 3. The van der Waals surface area contributed by atoms with Crippen LogP contribution in [-0.2, 0) is 9.84 Å². The highest BCUT2D eigenvalue weighted by Crippen LogP contribution is 2.40. The smallest absolute Gasteiger partial charge is 0.323 e. The maximum atomic E-state index is 13.0. The van der Waals surface area contributed by atoms with Crippen LogP contribution in [0.2, 0.25) is 10.2 Å². The Hall–Kier alpha value is -2.07. The number of anilines is 2. The molecule has 0 spiro atoms. The number of pyridine rings is 1. The fourth-order valence-corrected chi connectivity index (χ4v) is 5.50. The Bertz CT molecular complexity index is 995. The molecule has 0 atom stereocenters. The Labute approximate surface area is 172 Å². The van der Waals surface area contributed by atoms with Crippen LogP contribution in [0.4, 0.5) is 16.2 Å². The molecule has 0 aliphatic carbocycles. The minimum Gasteiger partial charge on any atom is -0.504 e. The van der Waals surface area contributed by atoms with E-state index in [-0.39, 0.29) is 26.4 Å². The number of benzene rings is 1. The van der Waals surface area contributed by atoms with Gasteiger partial charge in [-0.1, -0.05) is 23.2 Å². The van der Waals surface area contributed by atoms with E-state index in [9.17, 15) is 18.3 Å². The average molecular weight is 445 g/mol. The van der Waals surface area contributed by atoms with Crippen molar-refractivity contribution in [3.63, 3.8) is 0 Å². The van der Waals surface area contributed by atoms with Gasteiger partial charge >= 0.3 is 6.03 Å². The zero-order chi connectivity index (χ0) is 20.3. The number of aromatic hydroxyl groups is 1. The first-order valence-corrected chi connectivity index (χ1v) is 10.8. The minimum atomic E-state index is -3.87. The predicted octanol–water partition coefficient (Wildman–Crippen LogP) is 3.26. The van der Waals surface area contributed by atoms with Crippen molar-refractivity contribution in [3.05, 3.63) is 40.6 Å². The number of carbonyl (C=O) groups is 1. The maximum Gasteiger partial charge on any atom is 0.323 e. The summed E-state index contributed by atoms with van der Waals surface area (Å²) in [5.74, 6) is -0.599. The summed E-state index contributed by atoms with van der Waals surface area (Å²) in [5, 5.41) is 17.9. The summed E-state index contributed by atoms with van der Waals surface area (Å²) in [6.45, 7) is 1.13. The first-order valence-electron chi connectivity index (χ1n) is 8.45. The van der Waals surface area contributed by atoms with Gasteiger partial charge in [0, 0.05) is 6.20 Å². The fraction of sp³-hybridized carbons (Fsp3) is 0.294. The number of piperidine rings is 1. The molecule has 0 unspecified atom stereocenters. The van der Waals surface area contributed by atoms with E-state index >= 15 is 0 Å². The highest BCUT2D eigenvalue weighted by Gasteiger charge is 2.34. The van der Waals surface area contributed by atoms with Gasteiger partial charge in [0.2, 0.25) is 0 Å².